The Kier molecular flexibility index (Phi) is 5.75. The first-order valence-corrected chi connectivity index (χ1v) is 9.93. The number of nitro benzene ring substituents is 1. The van der Waals surface area contributed by atoms with Gasteiger partial charge in [-0.3, -0.25) is 19.7 Å². The highest BCUT2D eigenvalue weighted by molar-refractivity contribution is 6.09. The molecule has 1 amide bonds. The zero-order valence-corrected chi connectivity index (χ0v) is 16.7. The van der Waals surface area contributed by atoms with Crippen LogP contribution in [0, 0.1) is 10.1 Å². The summed E-state index contributed by atoms with van der Waals surface area (Å²) in [5.41, 5.74) is 2.65. The van der Waals surface area contributed by atoms with Gasteiger partial charge in [0.15, 0.2) is 12.4 Å². The number of amides is 1. The maximum Gasteiger partial charge on any atom is 0.269 e. The van der Waals surface area contributed by atoms with Crippen molar-refractivity contribution in [3.63, 3.8) is 0 Å². The van der Waals surface area contributed by atoms with Gasteiger partial charge in [0.1, 0.15) is 5.75 Å². The quantitative estimate of drug-likeness (QED) is 0.342. The molecule has 3 aromatic carbocycles. The van der Waals surface area contributed by atoms with Gasteiger partial charge in [-0.2, -0.15) is 0 Å². The van der Waals surface area contributed by atoms with E-state index >= 15 is 0 Å². The Morgan fingerprint density at radius 1 is 0.968 bits per heavy atom. The number of aryl methyl sites for hydroxylation is 1. The fraction of sp³-hybridized carbons (Fsp3) is 0.167. The van der Waals surface area contributed by atoms with Crippen LogP contribution in [0.2, 0.25) is 0 Å². The van der Waals surface area contributed by atoms with Crippen LogP contribution in [0.15, 0.2) is 72.8 Å². The minimum Gasteiger partial charge on any atom is -0.484 e. The lowest BCUT2D eigenvalue weighted by molar-refractivity contribution is -0.384. The van der Waals surface area contributed by atoms with Crippen molar-refractivity contribution >= 4 is 23.1 Å². The Morgan fingerprint density at radius 2 is 1.68 bits per heavy atom. The monoisotopic (exact) mass is 416 g/mol. The molecule has 1 aliphatic rings. The molecule has 7 heteroatoms. The topological polar surface area (TPSA) is 89.8 Å². The SMILES string of the molecule is O=C(c1ccccc1)c1ccc(OCC(=O)N2CCCc3cc([N+](=O)[O-])ccc32)cc1. The molecule has 0 fully saturated rings. The fourth-order valence-corrected chi connectivity index (χ4v) is 3.64. The molecule has 0 spiro atoms. The van der Waals surface area contributed by atoms with Gasteiger partial charge >= 0.3 is 0 Å². The first-order chi connectivity index (χ1) is 15.0. The van der Waals surface area contributed by atoms with Crippen LogP contribution >= 0.6 is 0 Å². The van der Waals surface area contributed by atoms with Crippen molar-refractivity contribution in [1.29, 1.82) is 0 Å². The smallest absolute Gasteiger partial charge is 0.269 e. The van der Waals surface area contributed by atoms with Gasteiger partial charge in [-0.1, -0.05) is 30.3 Å². The number of hydrogen-bond donors (Lipinski definition) is 0. The normalized spacial score (nSPS) is 12.7. The van der Waals surface area contributed by atoms with Crippen LogP contribution in [0.5, 0.6) is 5.75 Å². The summed E-state index contributed by atoms with van der Waals surface area (Å²) in [7, 11) is 0. The van der Waals surface area contributed by atoms with E-state index in [9.17, 15) is 19.7 Å². The molecular weight excluding hydrogens is 396 g/mol. The van der Waals surface area contributed by atoms with Crippen LogP contribution in [-0.2, 0) is 11.2 Å². The van der Waals surface area contributed by atoms with Crippen LogP contribution in [0.3, 0.4) is 0 Å². The average Bonchev–Trinajstić information content (AvgIpc) is 2.82. The van der Waals surface area contributed by atoms with Crippen molar-refractivity contribution in [2.75, 3.05) is 18.1 Å². The number of benzene rings is 3. The number of nitro groups is 1. The molecule has 4 rings (SSSR count). The summed E-state index contributed by atoms with van der Waals surface area (Å²) in [6.45, 7) is 0.375. The summed E-state index contributed by atoms with van der Waals surface area (Å²) < 4.78 is 5.63. The maximum absolute atomic E-state index is 12.7. The maximum atomic E-state index is 12.7. The second kappa shape index (κ2) is 8.79. The lowest BCUT2D eigenvalue weighted by Crippen LogP contribution is -2.38. The van der Waals surface area contributed by atoms with Crippen molar-refractivity contribution in [2.45, 2.75) is 12.8 Å². The minimum atomic E-state index is -0.434. The van der Waals surface area contributed by atoms with Crippen molar-refractivity contribution in [1.82, 2.24) is 0 Å². The number of anilines is 1. The highest BCUT2D eigenvalue weighted by atomic mass is 16.6. The van der Waals surface area contributed by atoms with E-state index in [0.717, 1.165) is 12.0 Å². The third-order valence-corrected chi connectivity index (χ3v) is 5.21. The minimum absolute atomic E-state index is 0.0226. The molecule has 0 radical (unpaired) electrons. The summed E-state index contributed by atoms with van der Waals surface area (Å²) in [4.78, 5) is 37.4. The highest BCUT2D eigenvalue weighted by Crippen LogP contribution is 2.30. The highest BCUT2D eigenvalue weighted by Gasteiger charge is 2.24. The van der Waals surface area contributed by atoms with Crippen molar-refractivity contribution < 1.29 is 19.2 Å². The van der Waals surface area contributed by atoms with Crippen molar-refractivity contribution in [3.05, 3.63) is 99.6 Å². The number of nitrogens with zero attached hydrogens (tertiary/aromatic N) is 2. The van der Waals surface area contributed by atoms with E-state index in [4.69, 9.17) is 4.74 Å². The molecule has 0 unspecified atom stereocenters. The molecule has 0 N–H and O–H groups in total. The van der Waals surface area contributed by atoms with Gasteiger partial charge in [0, 0.05) is 35.5 Å². The fourth-order valence-electron chi connectivity index (χ4n) is 3.64. The Balaban J connectivity index is 1.41. The van der Waals surface area contributed by atoms with E-state index in [1.165, 1.54) is 12.1 Å². The number of hydrogen-bond acceptors (Lipinski definition) is 5. The molecule has 1 heterocycles. The molecule has 156 valence electrons. The van der Waals surface area contributed by atoms with Gasteiger partial charge < -0.3 is 9.64 Å². The number of non-ortho nitro benzene ring substituents is 1. The third-order valence-electron chi connectivity index (χ3n) is 5.21. The van der Waals surface area contributed by atoms with Gasteiger partial charge in [0.25, 0.3) is 11.6 Å². The number of carbonyl (C=O) groups excluding carboxylic acids is 2. The van der Waals surface area contributed by atoms with E-state index in [1.807, 2.05) is 18.2 Å². The lowest BCUT2D eigenvalue weighted by atomic mass is 10.0. The van der Waals surface area contributed by atoms with Crippen LogP contribution in [0.4, 0.5) is 11.4 Å². The van der Waals surface area contributed by atoms with E-state index in [0.29, 0.717) is 35.5 Å². The number of ether oxygens (including phenoxy) is 1. The number of fused-ring (bicyclic) bond motifs is 1. The van der Waals surface area contributed by atoms with Gasteiger partial charge in [0.2, 0.25) is 0 Å². The molecule has 1 aliphatic heterocycles. The summed E-state index contributed by atoms with van der Waals surface area (Å²) in [6, 6.07) is 20.2. The molecule has 3 aromatic rings. The summed E-state index contributed by atoms with van der Waals surface area (Å²) in [6.07, 6.45) is 1.43. The van der Waals surface area contributed by atoms with E-state index < -0.39 is 4.92 Å². The second-order valence-electron chi connectivity index (χ2n) is 7.23. The van der Waals surface area contributed by atoms with Crippen LogP contribution in [0.1, 0.15) is 27.9 Å². The largest absolute Gasteiger partial charge is 0.484 e. The van der Waals surface area contributed by atoms with Gasteiger partial charge in [-0.05, 0) is 48.7 Å². The molecule has 31 heavy (non-hydrogen) atoms. The Bertz CT molecular complexity index is 1130. The molecular formula is C24H20N2O5. The predicted molar refractivity (Wildman–Crippen MR) is 116 cm³/mol. The number of rotatable bonds is 6. The molecule has 0 saturated carbocycles. The molecule has 7 nitrogen and oxygen atoms in total. The number of carbonyl (C=O) groups is 2. The predicted octanol–water partition coefficient (Wildman–Crippen LogP) is 4.18. The van der Waals surface area contributed by atoms with Gasteiger partial charge in [-0.15, -0.1) is 0 Å². The Morgan fingerprint density at radius 3 is 2.39 bits per heavy atom. The van der Waals surface area contributed by atoms with Crippen molar-refractivity contribution in [3.8, 4) is 5.75 Å². The zero-order chi connectivity index (χ0) is 21.8. The lowest BCUT2D eigenvalue weighted by Gasteiger charge is -2.29. The third kappa shape index (κ3) is 4.45. The molecule has 0 aromatic heterocycles. The van der Waals surface area contributed by atoms with Crippen LogP contribution in [-0.4, -0.2) is 29.8 Å². The van der Waals surface area contributed by atoms with E-state index in [1.54, 1.807) is 47.4 Å². The summed E-state index contributed by atoms with van der Waals surface area (Å²) >= 11 is 0. The summed E-state index contributed by atoms with van der Waals surface area (Å²) in [5.74, 6) is 0.181. The first-order valence-electron chi connectivity index (χ1n) is 9.93. The standard InChI is InChI=1S/C24H20N2O5/c27-23(25-14-4-7-19-15-20(26(29)30)10-13-22(19)25)16-31-21-11-8-18(9-12-21)24(28)17-5-2-1-3-6-17/h1-3,5-6,8-13,15H,4,7,14,16H2. The zero-order valence-electron chi connectivity index (χ0n) is 16.7. The second-order valence-corrected chi connectivity index (χ2v) is 7.23. The van der Waals surface area contributed by atoms with Gasteiger partial charge in [-0.25, -0.2) is 0 Å². The van der Waals surface area contributed by atoms with Crippen molar-refractivity contribution in [2.24, 2.45) is 0 Å². The number of ketones is 1. The van der Waals surface area contributed by atoms with Crippen LogP contribution in [0.25, 0.3) is 0 Å². The molecule has 0 aliphatic carbocycles. The Hall–Kier alpha value is -4.00. The molecule has 0 bridgehead atoms. The molecule has 0 atom stereocenters. The van der Waals surface area contributed by atoms with Crippen LogP contribution < -0.4 is 9.64 Å². The first kappa shape index (κ1) is 20.3. The van der Waals surface area contributed by atoms with E-state index in [2.05, 4.69) is 0 Å². The van der Waals surface area contributed by atoms with Gasteiger partial charge in [0.05, 0.1) is 4.92 Å². The summed E-state index contributed by atoms with van der Waals surface area (Å²) in [5, 5.41) is 11.0. The average molecular weight is 416 g/mol. The molecule has 0 saturated heterocycles. The Labute approximate surface area is 179 Å². The van der Waals surface area contributed by atoms with E-state index in [-0.39, 0.29) is 24.0 Å².